The molecule has 3 N–H and O–H groups in total. The van der Waals surface area contributed by atoms with Gasteiger partial charge in [0.15, 0.2) is 6.10 Å². The van der Waals surface area contributed by atoms with Gasteiger partial charge in [-0.3, -0.25) is 4.79 Å². The van der Waals surface area contributed by atoms with Crippen molar-refractivity contribution in [3.05, 3.63) is 35.5 Å². The molecule has 0 spiro atoms. The van der Waals surface area contributed by atoms with Gasteiger partial charge in [0.25, 0.3) is 0 Å². The Morgan fingerprint density at radius 2 is 1.62 bits per heavy atom. The topological polar surface area (TPSA) is 140 Å². The number of alkyl halides is 1. The van der Waals surface area contributed by atoms with E-state index in [1.54, 1.807) is 39.8 Å². The molecule has 0 unspecified atom stereocenters. The molecule has 1 saturated carbocycles. The van der Waals surface area contributed by atoms with E-state index in [9.17, 15) is 29.7 Å². The van der Waals surface area contributed by atoms with Crippen molar-refractivity contribution in [3.8, 4) is 0 Å². The maximum absolute atomic E-state index is 12.8. The van der Waals surface area contributed by atoms with Gasteiger partial charge in [-0.05, 0) is 60.5 Å². The van der Waals surface area contributed by atoms with Gasteiger partial charge in [0, 0.05) is 30.4 Å². The molecule has 7 atom stereocenters. The van der Waals surface area contributed by atoms with Gasteiger partial charge in [-0.2, -0.15) is 0 Å². The highest BCUT2D eigenvalue weighted by molar-refractivity contribution is 6.21. The van der Waals surface area contributed by atoms with Crippen LogP contribution in [0.1, 0.15) is 68.2 Å². The fourth-order valence-electron chi connectivity index (χ4n) is 3.87. The zero-order valence-electron chi connectivity index (χ0n) is 22.9. The molecule has 1 aliphatic rings. The van der Waals surface area contributed by atoms with Crippen LogP contribution in [-0.2, 0) is 28.6 Å². The van der Waals surface area contributed by atoms with E-state index >= 15 is 0 Å². The van der Waals surface area contributed by atoms with Crippen molar-refractivity contribution in [2.45, 2.75) is 109 Å². The first-order chi connectivity index (χ1) is 16.9. The number of halogens is 1. The highest BCUT2D eigenvalue weighted by Crippen LogP contribution is 2.44. The minimum absolute atomic E-state index is 0.0211. The highest BCUT2D eigenvalue weighted by atomic mass is 35.5. The number of esters is 3. The lowest BCUT2D eigenvalue weighted by Gasteiger charge is -2.48. The standard InChI is InChI=1S/C27H41ClO9/c1-10-14(3)24(31)36-19(13-21(30)26(7,8)33)16(5)18-12-20(28)27(9,34)23(35-17(6)29)22(18)37-25(32)15(4)11-2/h10-11,18-23,30,33-34H,5,12-13H2,1-4,6-9H3/b14-10-,15-11-/t18-,19+,20+,21-,22+,23+,27-/m1/s1. The monoisotopic (exact) mass is 544 g/mol. The molecule has 0 saturated heterocycles. The Labute approximate surface area is 224 Å². The molecule has 9 nitrogen and oxygen atoms in total. The second-order valence-electron chi connectivity index (χ2n) is 10.3. The smallest absolute Gasteiger partial charge is 0.333 e. The van der Waals surface area contributed by atoms with Crippen LogP contribution in [0.2, 0.25) is 0 Å². The van der Waals surface area contributed by atoms with E-state index in [1.165, 1.54) is 20.8 Å². The number of carbonyl (C=O) groups excluding carboxylic acids is 3. The van der Waals surface area contributed by atoms with Gasteiger partial charge in [0.1, 0.15) is 17.8 Å². The van der Waals surface area contributed by atoms with E-state index < -0.39 is 64.8 Å². The Hall–Kier alpha value is -2.20. The summed E-state index contributed by atoms with van der Waals surface area (Å²) in [6, 6.07) is 0. The van der Waals surface area contributed by atoms with Crippen molar-refractivity contribution in [1.29, 1.82) is 0 Å². The van der Waals surface area contributed by atoms with Crippen molar-refractivity contribution in [3.63, 3.8) is 0 Å². The fraction of sp³-hybridized carbons (Fsp3) is 0.667. The molecular formula is C27H41ClO9. The number of aliphatic hydroxyl groups is 3. The Balaban J connectivity index is 3.60. The van der Waals surface area contributed by atoms with Crippen molar-refractivity contribution in [1.82, 2.24) is 0 Å². The zero-order chi connectivity index (χ0) is 28.9. The van der Waals surface area contributed by atoms with E-state index in [-0.39, 0.29) is 24.0 Å². The first kappa shape index (κ1) is 32.8. The van der Waals surface area contributed by atoms with Gasteiger partial charge in [0.2, 0.25) is 0 Å². The van der Waals surface area contributed by atoms with E-state index in [0.29, 0.717) is 5.57 Å². The third kappa shape index (κ3) is 8.40. The molecule has 0 amide bonds. The molecule has 0 aromatic carbocycles. The van der Waals surface area contributed by atoms with Crippen LogP contribution in [0.15, 0.2) is 35.5 Å². The summed E-state index contributed by atoms with van der Waals surface area (Å²) in [5.74, 6) is -2.95. The van der Waals surface area contributed by atoms with Crippen molar-refractivity contribution in [2.24, 2.45) is 5.92 Å². The summed E-state index contributed by atoms with van der Waals surface area (Å²) in [5, 5.41) is 31.1. The Bertz CT molecular complexity index is 929. The molecule has 0 radical (unpaired) electrons. The summed E-state index contributed by atoms with van der Waals surface area (Å²) in [5.41, 5.74) is -2.50. The van der Waals surface area contributed by atoms with Crippen LogP contribution in [0, 0.1) is 5.92 Å². The highest BCUT2D eigenvalue weighted by Gasteiger charge is 2.56. The molecule has 1 fully saturated rings. The number of ether oxygens (including phenoxy) is 3. The van der Waals surface area contributed by atoms with Gasteiger partial charge < -0.3 is 29.5 Å². The molecule has 210 valence electrons. The van der Waals surface area contributed by atoms with Crippen LogP contribution < -0.4 is 0 Å². The Morgan fingerprint density at radius 3 is 2.08 bits per heavy atom. The van der Waals surface area contributed by atoms with Crippen LogP contribution in [0.5, 0.6) is 0 Å². The van der Waals surface area contributed by atoms with E-state index in [2.05, 4.69) is 6.58 Å². The van der Waals surface area contributed by atoms with Crippen molar-refractivity contribution < 1.29 is 43.9 Å². The molecule has 0 aliphatic heterocycles. The summed E-state index contributed by atoms with van der Waals surface area (Å²) >= 11 is 6.54. The Morgan fingerprint density at radius 1 is 1.11 bits per heavy atom. The summed E-state index contributed by atoms with van der Waals surface area (Å²) in [6.07, 6.45) is -2.17. The maximum Gasteiger partial charge on any atom is 0.333 e. The van der Waals surface area contributed by atoms with Gasteiger partial charge in [0.05, 0.1) is 17.1 Å². The van der Waals surface area contributed by atoms with Crippen LogP contribution in [0.3, 0.4) is 0 Å². The summed E-state index contributed by atoms with van der Waals surface area (Å²) < 4.78 is 16.8. The van der Waals surface area contributed by atoms with Crippen molar-refractivity contribution >= 4 is 29.5 Å². The minimum atomic E-state index is -1.78. The van der Waals surface area contributed by atoms with E-state index in [0.717, 1.165) is 6.92 Å². The van der Waals surface area contributed by atoms with Gasteiger partial charge in [-0.15, -0.1) is 11.6 Å². The van der Waals surface area contributed by atoms with Gasteiger partial charge in [-0.1, -0.05) is 18.7 Å². The zero-order valence-corrected chi connectivity index (χ0v) is 23.7. The quantitative estimate of drug-likeness (QED) is 0.124. The third-order valence-corrected chi connectivity index (χ3v) is 7.42. The Kier molecular flexibility index (Phi) is 11.6. The molecule has 0 bridgehead atoms. The first-order valence-electron chi connectivity index (χ1n) is 12.2. The number of carbonyl (C=O) groups is 3. The lowest BCUT2D eigenvalue weighted by Crippen LogP contribution is -2.63. The van der Waals surface area contributed by atoms with Crippen molar-refractivity contribution in [2.75, 3.05) is 0 Å². The van der Waals surface area contributed by atoms with E-state index in [4.69, 9.17) is 25.8 Å². The van der Waals surface area contributed by atoms with Crippen LogP contribution >= 0.6 is 11.6 Å². The molecule has 37 heavy (non-hydrogen) atoms. The number of hydrogen-bond donors (Lipinski definition) is 3. The number of aliphatic hydroxyl groups excluding tert-OH is 1. The predicted molar refractivity (Wildman–Crippen MR) is 139 cm³/mol. The van der Waals surface area contributed by atoms with Gasteiger partial charge in [-0.25, -0.2) is 9.59 Å². The molecule has 0 aromatic heterocycles. The molecule has 1 aliphatic carbocycles. The van der Waals surface area contributed by atoms with E-state index in [1.807, 2.05) is 0 Å². The van der Waals surface area contributed by atoms with Crippen LogP contribution in [0.25, 0.3) is 0 Å². The molecule has 10 heteroatoms. The summed E-state index contributed by atoms with van der Waals surface area (Å²) in [7, 11) is 0. The second kappa shape index (κ2) is 13.0. The van der Waals surface area contributed by atoms with Crippen LogP contribution in [-0.4, -0.2) is 74.2 Å². The summed E-state index contributed by atoms with van der Waals surface area (Å²) in [4.78, 5) is 37.4. The molecule has 0 aromatic rings. The number of rotatable bonds is 10. The minimum Gasteiger partial charge on any atom is -0.455 e. The first-order valence-corrected chi connectivity index (χ1v) is 12.6. The average Bonchev–Trinajstić information content (AvgIpc) is 2.80. The normalized spacial score (nSPS) is 28.6. The fourth-order valence-corrected chi connectivity index (χ4v) is 4.18. The maximum atomic E-state index is 12.8. The van der Waals surface area contributed by atoms with Gasteiger partial charge >= 0.3 is 17.9 Å². The number of hydrogen-bond acceptors (Lipinski definition) is 9. The third-order valence-electron chi connectivity index (χ3n) is 6.80. The number of allylic oxidation sites excluding steroid dienone is 2. The molecule has 1 rings (SSSR count). The predicted octanol–water partition coefficient (Wildman–Crippen LogP) is 3.13. The molecular weight excluding hydrogens is 504 g/mol. The molecule has 0 heterocycles. The van der Waals surface area contributed by atoms with Crippen LogP contribution in [0.4, 0.5) is 0 Å². The lowest BCUT2D eigenvalue weighted by molar-refractivity contribution is -0.203. The SMILES string of the molecule is C=C([C@H](C[C@@H](O)C(C)(C)O)OC(=O)/C(C)=C\C)[C@H]1C[C@H](Cl)[C@@](C)(O)[C@@H](OC(C)=O)[C@H]1OC(=O)/C(C)=C\C. The lowest BCUT2D eigenvalue weighted by atomic mass is 9.70. The second-order valence-corrected chi connectivity index (χ2v) is 10.8. The largest absolute Gasteiger partial charge is 0.455 e. The average molecular weight is 545 g/mol. The summed E-state index contributed by atoms with van der Waals surface area (Å²) in [6.45, 7) is 15.9.